The normalized spacial score (nSPS) is 12.6. The lowest BCUT2D eigenvalue weighted by atomic mass is 10.1. The number of ether oxygens (including phenoxy) is 3. The molecule has 0 saturated heterocycles. The molecule has 0 unspecified atom stereocenters. The molecule has 6 nitrogen and oxygen atoms in total. The van der Waals surface area contributed by atoms with Gasteiger partial charge >= 0.3 is 0 Å². The molecule has 1 amide bonds. The number of amides is 1. The highest BCUT2D eigenvalue weighted by atomic mass is 16.5. The number of methoxy groups -OCH3 is 1. The Kier molecular flexibility index (Phi) is 6.91. The van der Waals surface area contributed by atoms with Gasteiger partial charge < -0.3 is 19.1 Å². The molecular weight excluding hydrogens is 416 g/mol. The SMILES string of the molecule is COc1cc(C=C(C#N)C(=O)N2CCc3ccccc32)ccc1OCCOc1ccccc1. The van der Waals surface area contributed by atoms with E-state index in [0.717, 1.165) is 23.4 Å². The second-order valence-electron chi connectivity index (χ2n) is 7.43. The summed E-state index contributed by atoms with van der Waals surface area (Å²) in [5.74, 6) is 1.55. The molecule has 0 spiro atoms. The fourth-order valence-electron chi connectivity index (χ4n) is 3.72. The smallest absolute Gasteiger partial charge is 0.268 e. The van der Waals surface area contributed by atoms with Gasteiger partial charge in [0.05, 0.1) is 7.11 Å². The van der Waals surface area contributed by atoms with Gasteiger partial charge in [-0.3, -0.25) is 4.79 Å². The van der Waals surface area contributed by atoms with Crippen LogP contribution < -0.4 is 19.1 Å². The molecule has 4 rings (SSSR count). The van der Waals surface area contributed by atoms with Crippen LogP contribution in [0.1, 0.15) is 11.1 Å². The van der Waals surface area contributed by atoms with Crippen LogP contribution in [0.4, 0.5) is 5.69 Å². The number of carbonyl (C=O) groups excluding carboxylic acids is 1. The molecule has 0 fully saturated rings. The van der Waals surface area contributed by atoms with Gasteiger partial charge in [0.1, 0.15) is 30.6 Å². The fraction of sp³-hybridized carbons (Fsp3) is 0.185. The number of carbonyl (C=O) groups is 1. The van der Waals surface area contributed by atoms with Crippen molar-refractivity contribution in [3.8, 4) is 23.3 Å². The number of hydrogen-bond donors (Lipinski definition) is 0. The van der Waals surface area contributed by atoms with Gasteiger partial charge in [-0.05, 0) is 54.0 Å². The van der Waals surface area contributed by atoms with Crippen LogP contribution >= 0.6 is 0 Å². The number of nitrogens with zero attached hydrogens (tertiary/aromatic N) is 2. The van der Waals surface area contributed by atoms with Gasteiger partial charge in [0.2, 0.25) is 0 Å². The Labute approximate surface area is 193 Å². The van der Waals surface area contributed by atoms with Crippen LogP contribution in [-0.2, 0) is 11.2 Å². The van der Waals surface area contributed by atoms with Crippen LogP contribution in [0.25, 0.3) is 6.08 Å². The van der Waals surface area contributed by atoms with Crippen molar-refractivity contribution in [3.05, 3.63) is 89.5 Å². The van der Waals surface area contributed by atoms with E-state index in [9.17, 15) is 10.1 Å². The van der Waals surface area contributed by atoms with E-state index < -0.39 is 0 Å². The minimum Gasteiger partial charge on any atom is -0.493 e. The Morgan fingerprint density at radius 3 is 2.55 bits per heavy atom. The van der Waals surface area contributed by atoms with E-state index >= 15 is 0 Å². The van der Waals surface area contributed by atoms with Gasteiger partial charge in [-0.15, -0.1) is 0 Å². The summed E-state index contributed by atoms with van der Waals surface area (Å²) in [6.07, 6.45) is 2.36. The summed E-state index contributed by atoms with van der Waals surface area (Å²) in [6.45, 7) is 1.30. The van der Waals surface area contributed by atoms with Gasteiger partial charge in [0, 0.05) is 12.2 Å². The number of rotatable bonds is 8. The summed E-state index contributed by atoms with van der Waals surface area (Å²) in [6, 6.07) is 24.6. The lowest BCUT2D eigenvalue weighted by Crippen LogP contribution is -2.29. The predicted octanol–water partition coefficient (Wildman–Crippen LogP) is 4.65. The number of fused-ring (bicyclic) bond motifs is 1. The number of hydrogen-bond acceptors (Lipinski definition) is 5. The van der Waals surface area contributed by atoms with Crippen molar-refractivity contribution in [2.24, 2.45) is 0 Å². The molecule has 0 atom stereocenters. The first-order chi connectivity index (χ1) is 16.2. The molecule has 166 valence electrons. The fourth-order valence-corrected chi connectivity index (χ4v) is 3.72. The monoisotopic (exact) mass is 440 g/mol. The Balaban J connectivity index is 1.43. The molecule has 3 aromatic rings. The predicted molar refractivity (Wildman–Crippen MR) is 127 cm³/mol. The number of para-hydroxylation sites is 2. The highest BCUT2D eigenvalue weighted by Gasteiger charge is 2.26. The molecule has 0 N–H and O–H groups in total. The van der Waals surface area contributed by atoms with Crippen molar-refractivity contribution in [1.29, 1.82) is 5.26 Å². The molecule has 33 heavy (non-hydrogen) atoms. The maximum atomic E-state index is 13.0. The lowest BCUT2D eigenvalue weighted by Gasteiger charge is -2.16. The molecule has 6 heteroatoms. The number of benzene rings is 3. The molecule has 0 radical (unpaired) electrons. The molecule has 1 aliphatic heterocycles. The quantitative estimate of drug-likeness (QED) is 0.290. The lowest BCUT2D eigenvalue weighted by molar-refractivity contribution is -0.114. The minimum absolute atomic E-state index is 0.0682. The van der Waals surface area contributed by atoms with Crippen molar-refractivity contribution >= 4 is 17.7 Å². The Bertz CT molecular complexity index is 1200. The first kappa shape index (κ1) is 22.0. The van der Waals surface area contributed by atoms with Crippen LogP contribution in [0.2, 0.25) is 0 Å². The van der Waals surface area contributed by atoms with Crippen LogP contribution in [0.5, 0.6) is 17.2 Å². The van der Waals surface area contributed by atoms with Gasteiger partial charge in [0.15, 0.2) is 11.5 Å². The first-order valence-electron chi connectivity index (χ1n) is 10.7. The minimum atomic E-state index is -0.306. The van der Waals surface area contributed by atoms with Crippen molar-refractivity contribution < 1.29 is 19.0 Å². The standard InChI is InChI=1S/C27H24N2O4/c1-31-26-18-20(11-12-25(26)33-16-15-32-23-8-3-2-4-9-23)17-22(19-28)27(30)29-14-13-21-7-5-6-10-24(21)29/h2-12,17-18H,13-16H2,1H3. The van der Waals surface area contributed by atoms with Crippen LogP contribution in [-0.4, -0.2) is 32.8 Å². The zero-order valence-corrected chi connectivity index (χ0v) is 18.4. The first-order valence-corrected chi connectivity index (χ1v) is 10.7. The Hall–Kier alpha value is -4.24. The molecule has 0 aromatic heterocycles. The summed E-state index contributed by atoms with van der Waals surface area (Å²) in [5.41, 5.74) is 2.72. The summed E-state index contributed by atoms with van der Waals surface area (Å²) >= 11 is 0. The molecule has 0 bridgehead atoms. The number of anilines is 1. The van der Waals surface area contributed by atoms with Crippen molar-refractivity contribution in [1.82, 2.24) is 0 Å². The maximum absolute atomic E-state index is 13.0. The molecular formula is C27H24N2O4. The summed E-state index contributed by atoms with van der Waals surface area (Å²) in [7, 11) is 1.55. The van der Waals surface area contributed by atoms with Crippen molar-refractivity contribution in [2.45, 2.75) is 6.42 Å². The maximum Gasteiger partial charge on any atom is 0.268 e. The van der Waals surface area contributed by atoms with E-state index in [0.29, 0.717) is 36.8 Å². The molecule has 0 saturated carbocycles. The largest absolute Gasteiger partial charge is 0.493 e. The van der Waals surface area contributed by atoms with Crippen molar-refractivity contribution in [3.63, 3.8) is 0 Å². The Morgan fingerprint density at radius 1 is 1.00 bits per heavy atom. The molecule has 1 aliphatic rings. The van der Waals surface area contributed by atoms with Crippen LogP contribution in [0.3, 0.4) is 0 Å². The van der Waals surface area contributed by atoms with Crippen LogP contribution in [0, 0.1) is 11.3 Å². The topological polar surface area (TPSA) is 71.8 Å². The van der Waals surface area contributed by atoms with Gasteiger partial charge in [-0.1, -0.05) is 42.5 Å². The summed E-state index contributed by atoms with van der Waals surface area (Å²) < 4.78 is 16.9. The van der Waals surface area contributed by atoms with Crippen LogP contribution in [0.15, 0.2) is 78.4 Å². The number of nitriles is 1. The third kappa shape index (κ3) is 5.16. The average molecular weight is 440 g/mol. The van der Waals surface area contributed by atoms with Gasteiger partial charge in [-0.2, -0.15) is 5.26 Å². The second-order valence-corrected chi connectivity index (χ2v) is 7.43. The van der Waals surface area contributed by atoms with E-state index in [1.807, 2.05) is 60.7 Å². The highest BCUT2D eigenvalue weighted by molar-refractivity contribution is 6.12. The third-order valence-corrected chi connectivity index (χ3v) is 5.33. The van der Waals surface area contributed by atoms with Gasteiger partial charge in [-0.25, -0.2) is 0 Å². The zero-order chi connectivity index (χ0) is 23.0. The van der Waals surface area contributed by atoms with Gasteiger partial charge in [0.25, 0.3) is 5.91 Å². The van der Waals surface area contributed by atoms with Crippen molar-refractivity contribution in [2.75, 3.05) is 31.8 Å². The van der Waals surface area contributed by atoms with E-state index in [1.54, 1.807) is 36.3 Å². The summed E-state index contributed by atoms with van der Waals surface area (Å²) in [4.78, 5) is 14.7. The molecule has 0 aliphatic carbocycles. The van der Waals surface area contributed by atoms with E-state index in [1.165, 1.54) is 0 Å². The van der Waals surface area contributed by atoms with E-state index in [2.05, 4.69) is 0 Å². The third-order valence-electron chi connectivity index (χ3n) is 5.33. The Morgan fingerprint density at radius 2 is 1.76 bits per heavy atom. The molecule has 3 aromatic carbocycles. The summed E-state index contributed by atoms with van der Waals surface area (Å²) in [5, 5.41) is 9.65. The molecule has 1 heterocycles. The highest BCUT2D eigenvalue weighted by Crippen LogP contribution is 2.31. The average Bonchev–Trinajstić information content (AvgIpc) is 3.30. The zero-order valence-electron chi connectivity index (χ0n) is 18.4. The van der Waals surface area contributed by atoms with E-state index in [4.69, 9.17) is 14.2 Å². The van der Waals surface area contributed by atoms with E-state index in [-0.39, 0.29) is 11.5 Å². The second kappa shape index (κ2) is 10.4.